The molecule has 0 N–H and O–H groups in total. The van der Waals surface area contributed by atoms with Gasteiger partial charge in [0.05, 0.1) is 13.2 Å². The standard InChI is InChI=1S/C15H16F2O4/c1-4-20-14(18)13(15(19)21-5-2)9(3)11-7-6-10(16)8-12(11)17/h6-8H,4-5H2,1-3H3. The Balaban J connectivity index is 3.37. The van der Waals surface area contributed by atoms with Gasteiger partial charge in [0.15, 0.2) is 0 Å². The zero-order valence-electron chi connectivity index (χ0n) is 12.0. The first-order valence-electron chi connectivity index (χ1n) is 6.42. The molecule has 1 aromatic carbocycles. The third-order valence-corrected chi connectivity index (χ3v) is 2.67. The van der Waals surface area contributed by atoms with Gasteiger partial charge in [0.1, 0.15) is 17.2 Å². The maximum Gasteiger partial charge on any atom is 0.345 e. The van der Waals surface area contributed by atoms with Gasteiger partial charge in [-0.1, -0.05) is 0 Å². The monoisotopic (exact) mass is 298 g/mol. The van der Waals surface area contributed by atoms with Gasteiger partial charge in [-0.15, -0.1) is 0 Å². The highest BCUT2D eigenvalue weighted by atomic mass is 19.1. The molecule has 0 unspecified atom stereocenters. The first-order chi connectivity index (χ1) is 9.92. The Hall–Kier alpha value is -2.24. The Morgan fingerprint density at radius 2 is 1.57 bits per heavy atom. The molecule has 0 aliphatic heterocycles. The second-order valence-electron chi connectivity index (χ2n) is 4.07. The number of rotatable bonds is 5. The predicted molar refractivity (Wildman–Crippen MR) is 72.2 cm³/mol. The number of carbonyl (C=O) groups excluding carboxylic acids is 2. The lowest BCUT2D eigenvalue weighted by molar-refractivity contribution is -0.146. The minimum Gasteiger partial charge on any atom is -0.462 e. The van der Waals surface area contributed by atoms with Crippen LogP contribution in [0.3, 0.4) is 0 Å². The number of ether oxygens (including phenoxy) is 2. The van der Waals surface area contributed by atoms with E-state index in [0.717, 1.165) is 12.1 Å². The summed E-state index contributed by atoms with van der Waals surface area (Å²) in [7, 11) is 0. The highest BCUT2D eigenvalue weighted by Crippen LogP contribution is 2.23. The highest BCUT2D eigenvalue weighted by molar-refractivity contribution is 6.19. The fourth-order valence-corrected chi connectivity index (χ4v) is 1.72. The van der Waals surface area contributed by atoms with Gasteiger partial charge in [-0.3, -0.25) is 0 Å². The van der Waals surface area contributed by atoms with Gasteiger partial charge < -0.3 is 9.47 Å². The summed E-state index contributed by atoms with van der Waals surface area (Å²) in [5.74, 6) is -3.44. The zero-order valence-corrected chi connectivity index (χ0v) is 12.0. The molecule has 0 saturated carbocycles. The molecular weight excluding hydrogens is 282 g/mol. The van der Waals surface area contributed by atoms with Crippen molar-refractivity contribution >= 4 is 17.5 Å². The number of esters is 2. The molecule has 6 heteroatoms. The second kappa shape index (κ2) is 7.52. The summed E-state index contributed by atoms with van der Waals surface area (Å²) in [5.41, 5.74) is -0.430. The summed E-state index contributed by atoms with van der Waals surface area (Å²) in [6, 6.07) is 2.86. The van der Waals surface area contributed by atoms with Gasteiger partial charge in [0.25, 0.3) is 0 Å². The number of benzene rings is 1. The smallest absolute Gasteiger partial charge is 0.345 e. The van der Waals surface area contributed by atoms with Gasteiger partial charge in [0.2, 0.25) is 0 Å². The molecule has 0 amide bonds. The van der Waals surface area contributed by atoms with Crippen molar-refractivity contribution in [3.8, 4) is 0 Å². The van der Waals surface area contributed by atoms with Crippen LogP contribution >= 0.6 is 0 Å². The van der Waals surface area contributed by atoms with Crippen molar-refractivity contribution in [3.63, 3.8) is 0 Å². The Bertz CT molecular complexity index is 559. The lowest BCUT2D eigenvalue weighted by Gasteiger charge is -2.11. The summed E-state index contributed by atoms with van der Waals surface area (Å²) < 4.78 is 36.3. The maximum atomic E-state index is 13.8. The van der Waals surface area contributed by atoms with Gasteiger partial charge in [-0.05, 0) is 38.5 Å². The van der Waals surface area contributed by atoms with Crippen molar-refractivity contribution in [1.29, 1.82) is 0 Å². The summed E-state index contributed by atoms with van der Waals surface area (Å²) in [4.78, 5) is 23.8. The summed E-state index contributed by atoms with van der Waals surface area (Å²) in [5, 5.41) is 0. The van der Waals surface area contributed by atoms with Crippen molar-refractivity contribution in [2.24, 2.45) is 0 Å². The van der Waals surface area contributed by atoms with E-state index in [1.165, 1.54) is 6.92 Å². The first-order valence-corrected chi connectivity index (χ1v) is 6.42. The van der Waals surface area contributed by atoms with Crippen LogP contribution in [0.25, 0.3) is 5.57 Å². The maximum absolute atomic E-state index is 13.8. The lowest BCUT2D eigenvalue weighted by Crippen LogP contribution is -2.20. The zero-order chi connectivity index (χ0) is 16.0. The van der Waals surface area contributed by atoms with Gasteiger partial charge >= 0.3 is 11.9 Å². The van der Waals surface area contributed by atoms with Crippen LogP contribution in [0.2, 0.25) is 0 Å². The molecule has 0 bridgehead atoms. The van der Waals surface area contributed by atoms with Crippen LogP contribution in [0, 0.1) is 11.6 Å². The molecule has 0 heterocycles. The predicted octanol–water partition coefficient (Wildman–Crippen LogP) is 2.86. The van der Waals surface area contributed by atoms with Crippen LogP contribution in [0.4, 0.5) is 8.78 Å². The minimum absolute atomic E-state index is 0.0319. The van der Waals surface area contributed by atoms with E-state index in [0.29, 0.717) is 6.07 Å². The minimum atomic E-state index is -0.905. The largest absolute Gasteiger partial charge is 0.462 e. The van der Waals surface area contributed by atoms with Crippen molar-refractivity contribution in [1.82, 2.24) is 0 Å². The van der Waals surface area contributed by atoms with Gasteiger partial charge in [-0.2, -0.15) is 0 Å². The molecular formula is C15H16F2O4. The molecule has 0 aliphatic rings. The van der Waals surface area contributed by atoms with Crippen LogP contribution in [0.5, 0.6) is 0 Å². The molecule has 0 spiro atoms. The van der Waals surface area contributed by atoms with Crippen LogP contribution in [-0.2, 0) is 19.1 Å². The topological polar surface area (TPSA) is 52.6 Å². The van der Waals surface area contributed by atoms with Gasteiger partial charge in [0, 0.05) is 11.6 Å². The van der Waals surface area contributed by atoms with Crippen molar-refractivity contribution in [2.75, 3.05) is 13.2 Å². The number of hydrogen-bond donors (Lipinski definition) is 0. The molecule has 1 rings (SSSR count). The second-order valence-corrected chi connectivity index (χ2v) is 4.07. The van der Waals surface area contributed by atoms with Crippen LogP contribution in [0.15, 0.2) is 23.8 Å². The molecule has 1 aromatic rings. The SMILES string of the molecule is CCOC(=O)C(C(=O)OCC)=C(C)c1ccc(F)cc1F. The first kappa shape index (κ1) is 16.8. The quantitative estimate of drug-likeness (QED) is 0.363. The molecule has 0 saturated heterocycles. The number of carbonyl (C=O) groups is 2. The van der Waals surface area contributed by atoms with Crippen molar-refractivity contribution < 1.29 is 27.8 Å². The third kappa shape index (κ3) is 4.11. The van der Waals surface area contributed by atoms with E-state index in [-0.39, 0.29) is 24.4 Å². The van der Waals surface area contributed by atoms with E-state index in [1.807, 2.05) is 0 Å². The average molecular weight is 298 g/mol. The summed E-state index contributed by atoms with van der Waals surface area (Å²) in [6.07, 6.45) is 0. The van der Waals surface area contributed by atoms with E-state index in [1.54, 1.807) is 13.8 Å². The number of halogens is 2. The van der Waals surface area contributed by atoms with Crippen LogP contribution in [-0.4, -0.2) is 25.2 Å². The summed E-state index contributed by atoms with van der Waals surface area (Å²) >= 11 is 0. The van der Waals surface area contributed by atoms with E-state index in [4.69, 9.17) is 9.47 Å². The van der Waals surface area contributed by atoms with E-state index in [2.05, 4.69) is 0 Å². The molecule has 4 nitrogen and oxygen atoms in total. The van der Waals surface area contributed by atoms with E-state index >= 15 is 0 Å². The molecule has 0 aliphatic carbocycles. The lowest BCUT2D eigenvalue weighted by atomic mass is 10.0. The Morgan fingerprint density at radius 1 is 1.05 bits per heavy atom. The van der Waals surface area contributed by atoms with E-state index in [9.17, 15) is 18.4 Å². The van der Waals surface area contributed by atoms with Gasteiger partial charge in [-0.25, -0.2) is 18.4 Å². The van der Waals surface area contributed by atoms with E-state index < -0.39 is 29.1 Å². The van der Waals surface area contributed by atoms with Crippen molar-refractivity contribution in [2.45, 2.75) is 20.8 Å². The summed E-state index contributed by atoms with van der Waals surface area (Å²) in [6.45, 7) is 4.64. The Labute approximate surface area is 121 Å². The molecule has 0 radical (unpaired) electrons. The van der Waals surface area contributed by atoms with Crippen molar-refractivity contribution in [3.05, 3.63) is 41.0 Å². The third-order valence-electron chi connectivity index (χ3n) is 2.67. The fraction of sp³-hybridized carbons (Fsp3) is 0.333. The number of hydrogen-bond acceptors (Lipinski definition) is 4. The molecule has 0 atom stereocenters. The number of allylic oxidation sites excluding steroid dienone is 1. The Kier molecular flexibility index (Phi) is 6.02. The molecule has 0 fully saturated rings. The van der Waals surface area contributed by atoms with Crippen LogP contribution in [0.1, 0.15) is 26.3 Å². The highest BCUT2D eigenvalue weighted by Gasteiger charge is 2.25. The molecule has 114 valence electrons. The van der Waals surface area contributed by atoms with Crippen LogP contribution < -0.4 is 0 Å². The molecule has 21 heavy (non-hydrogen) atoms. The normalized spacial score (nSPS) is 9.95. The average Bonchev–Trinajstić information content (AvgIpc) is 2.39. The fourth-order valence-electron chi connectivity index (χ4n) is 1.72. The molecule has 0 aromatic heterocycles. The Morgan fingerprint density at radius 3 is 2.00 bits per heavy atom.